The van der Waals surface area contributed by atoms with E-state index < -0.39 is 10.0 Å². The Morgan fingerprint density at radius 1 is 1.07 bits per heavy atom. The number of benzene rings is 1. The molecular weight excluding hydrogens is 396 g/mol. The van der Waals surface area contributed by atoms with Crippen molar-refractivity contribution in [2.75, 3.05) is 36.8 Å². The van der Waals surface area contributed by atoms with Gasteiger partial charge in [-0.05, 0) is 38.7 Å². The van der Waals surface area contributed by atoms with E-state index in [1.54, 1.807) is 4.31 Å². The molecule has 2 heterocycles. The molecule has 2 aliphatic rings. The molecule has 1 aliphatic carbocycles. The van der Waals surface area contributed by atoms with Crippen molar-refractivity contribution in [1.82, 2.24) is 14.3 Å². The maximum Gasteiger partial charge on any atom is 0.214 e. The van der Waals surface area contributed by atoms with Crippen LogP contribution in [-0.2, 0) is 16.4 Å². The zero-order chi connectivity index (χ0) is 21.3. The fourth-order valence-corrected chi connectivity index (χ4v) is 5.68. The molecule has 1 saturated carbocycles. The fourth-order valence-electron chi connectivity index (χ4n) is 4.19. The van der Waals surface area contributed by atoms with Crippen molar-refractivity contribution in [1.29, 1.82) is 0 Å². The second-order valence-corrected chi connectivity index (χ2v) is 10.7. The monoisotopic (exact) mass is 428 g/mol. The average molecular weight is 429 g/mol. The van der Waals surface area contributed by atoms with Crippen molar-refractivity contribution >= 4 is 15.8 Å². The van der Waals surface area contributed by atoms with E-state index in [0.29, 0.717) is 38.5 Å². The maximum absolute atomic E-state index is 12.5. The van der Waals surface area contributed by atoms with Crippen LogP contribution in [0.2, 0.25) is 0 Å². The molecule has 4 rings (SSSR count). The lowest BCUT2D eigenvalue weighted by molar-refractivity contribution is 0.383. The number of aryl methyl sites for hydroxylation is 2. The molecule has 1 aromatic heterocycles. The summed E-state index contributed by atoms with van der Waals surface area (Å²) in [7, 11) is -3.15. The Hall–Kier alpha value is -1.99. The lowest BCUT2D eigenvalue weighted by Gasteiger charge is -2.36. The molecule has 2 fully saturated rings. The quantitative estimate of drug-likeness (QED) is 0.676. The van der Waals surface area contributed by atoms with Gasteiger partial charge < -0.3 is 4.90 Å². The van der Waals surface area contributed by atoms with Gasteiger partial charge in [0.05, 0.1) is 5.75 Å². The smallest absolute Gasteiger partial charge is 0.214 e. The number of anilines is 1. The highest BCUT2D eigenvalue weighted by Crippen LogP contribution is 2.39. The number of piperazine rings is 1. The van der Waals surface area contributed by atoms with Gasteiger partial charge in [0, 0.05) is 49.8 Å². The summed E-state index contributed by atoms with van der Waals surface area (Å²) in [6.45, 7) is 8.50. The van der Waals surface area contributed by atoms with Crippen LogP contribution in [0, 0.1) is 13.8 Å². The molecule has 2 aromatic rings. The normalized spacial score (nSPS) is 18.0. The number of aromatic nitrogens is 2. The lowest BCUT2D eigenvalue weighted by atomic mass is 10.0. The lowest BCUT2D eigenvalue weighted by Crippen LogP contribution is -2.49. The summed E-state index contributed by atoms with van der Waals surface area (Å²) in [5, 5.41) is 0. The van der Waals surface area contributed by atoms with Crippen molar-refractivity contribution < 1.29 is 8.42 Å². The van der Waals surface area contributed by atoms with E-state index in [2.05, 4.69) is 43.0 Å². The van der Waals surface area contributed by atoms with Crippen LogP contribution in [0.15, 0.2) is 24.3 Å². The minimum Gasteiger partial charge on any atom is -0.354 e. The van der Waals surface area contributed by atoms with E-state index in [0.717, 1.165) is 29.3 Å². The highest BCUT2D eigenvalue weighted by atomic mass is 32.2. The SMILES string of the molecule is CCCS(=O)(=O)N1CCN(c2nc(C3CC3)nc(C)c2Cc2cccc(C)c2)CC1. The summed E-state index contributed by atoms with van der Waals surface area (Å²) in [6.07, 6.45) is 3.78. The maximum atomic E-state index is 12.5. The van der Waals surface area contributed by atoms with Crippen LogP contribution in [-0.4, -0.2) is 54.6 Å². The standard InChI is InChI=1S/C23H32N4O2S/c1-4-14-30(28,29)27-12-10-26(11-13-27)23-21(16-19-7-5-6-17(2)15-19)18(3)24-22(25-23)20-8-9-20/h5-7,15,20H,4,8-14,16H2,1-3H3. The molecule has 1 saturated heterocycles. The van der Waals surface area contributed by atoms with Gasteiger partial charge in [-0.1, -0.05) is 36.8 Å². The summed E-state index contributed by atoms with van der Waals surface area (Å²) in [5.41, 5.74) is 4.71. The van der Waals surface area contributed by atoms with Crippen molar-refractivity contribution in [3.63, 3.8) is 0 Å². The summed E-state index contributed by atoms with van der Waals surface area (Å²) in [6, 6.07) is 8.57. The first kappa shape index (κ1) is 21.2. The molecule has 0 N–H and O–H groups in total. The largest absolute Gasteiger partial charge is 0.354 e. The van der Waals surface area contributed by atoms with E-state index in [9.17, 15) is 8.42 Å². The second-order valence-electron chi connectivity index (χ2n) is 8.61. The summed E-state index contributed by atoms with van der Waals surface area (Å²) in [5.74, 6) is 2.67. The van der Waals surface area contributed by atoms with E-state index >= 15 is 0 Å². The van der Waals surface area contributed by atoms with Gasteiger partial charge in [0.15, 0.2) is 0 Å². The highest BCUT2D eigenvalue weighted by molar-refractivity contribution is 7.89. The summed E-state index contributed by atoms with van der Waals surface area (Å²) < 4.78 is 26.6. The zero-order valence-electron chi connectivity index (χ0n) is 18.3. The van der Waals surface area contributed by atoms with Crippen molar-refractivity contribution in [3.8, 4) is 0 Å². The molecule has 0 radical (unpaired) electrons. The Bertz CT molecular complexity index is 1010. The predicted octanol–water partition coefficient (Wildman–Crippen LogP) is 3.42. The van der Waals surface area contributed by atoms with Crippen molar-refractivity contribution in [2.24, 2.45) is 0 Å². The van der Waals surface area contributed by atoms with Crippen LogP contribution >= 0.6 is 0 Å². The van der Waals surface area contributed by atoms with Crippen LogP contribution in [0.3, 0.4) is 0 Å². The van der Waals surface area contributed by atoms with Crippen LogP contribution in [0.4, 0.5) is 5.82 Å². The number of sulfonamides is 1. The van der Waals surface area contributed by atoms with Crippen LogP contribution in [0.1, 0.15) is 60.3 Å². The van der Waals surface area contributed by atoms with E-state index in [4.69, 9.17) is 9.97 Å². The third-order valence-electron chi connectivity index (χ3n) is 6.01. The van der Waals surface area contributed by atoms with Gasteiger partial charge in [0.2, 0.25) is 10.0 Å². The first-order valence-corrected chi connectivity index (χ1v) is 12.6. The van der Waals surface area contributed by atoms with Crippen LogP contribution < -0.4 is 4.90 Å². The van der Waals surface area contributed by atoms with Crippen LogP contribution in [0.25, 0.3) is 0 Å². The molecular formula is C23H32N4O2S. The Morgan fingerprint density at radius 3 is 2.43 bits per heavy atom. The van der Waals surface area contributed by atoms with Crippen molar-refractivity contribution in [2.45, 2.75) is 52.4 Å². The van der Waals surface area contributed by atoms with Gasteiger partial charge in [0.1, 0.15) is 11.6 Å². The van der Waals surface area contributed by atoms with Crippen LogP contribution in [0.5, 0.6) is 0 Å². The van der Waals surface area contributed by atoms with Gasteiger partial charge in [0.25, 0.3) is 0 Å². The Labute approximate surface area is 180 Å². The molecule has 0 atom stereocenters. The molecule has 6 nitrogen and oxygen atoms in total. The van der Waals surface area contributed by atoms with Gasteiger partial charge in [-0.15, -0.1) is 0 Å². The minimum absolute atomic E-state index is 0.226. The molecule has 0 bridgehead atoms. The van der Waals surface area contributed by atoms with Crippen molar-refractivity contribution in [3.05, 3.63) is 52.5 Å². The summed E-state index contributed by atoms with van der Waals surface area (Å²) in [4.78, 5) is 12.1. The zero-order valence-corrected chi connectivity index (χ0v) is 19.1. The Balaban J connectivity index is 1.61. The van der Waals surface area contributed by atoms with Gasteiger partial charge in [-0.25, -0.2) is 18.4 Å². The highest BCUT2D eigenvalue weighted by Gasteiger charge is 2.31. The summed E-state index contributed by atoms with van der Waals surface area (Å²) >= 11 is 0. The fraction of sp³-hybridized carbons (Fsp3) is 0.565. The minimum atomic E-state index is -3.15. The molecule has 1 aliphatic heterocycles. The topological polar surface area (TPSA) is 66.4 Å². The molecule has 0 unspecified atom stereocenters. The predicted molar refractivity (Wildman–Crippen MR) is 121 cm³/mol. The molecule has 0 spiro atoms. The third kappa shape index (κ3) is 4.67. The molecule has 30 heavy (non-hydrogen) atoms. The van der Waals surface area contributed by atoms with E-state index in [1.165, 1.54) is 24.0 Å². The first-order valence-electron chi connectivity index (χ1n) is 11.0. The molecule has 162 valence electrons. The second kappa shape index (κ2) is 8.63. The molecule has 0 amide bonds. The Morgan fingerprint density at radius 2 is 1.80 bits per heavy atom. The van der Waals surface area contributed by atoms with Gasteiger partial charge in [-0.3, -0.25) is 0 Å². The van der Waals surface area contributed by atoms with Gasteiger partial charge >= 0.3 is 0 Å². The third-order valence-corrected chi connectivity index (χ3v) is 8.08. The number of rotatable bonds is 7. The Kier molecular flexibility index (Phi) is 6.11. The van der Waals surface area contributed by atoms with Gasteiger partial charge in [-0.2, -0.15) is 4.31 Å². The first-order chi connectivity index (χ1) is 14.4. The van der Waals surface area contributed by atoms with E-state index in [1.807, 2.05) is 6.92 Å². The molecule has 1 aromatic carbocycles. The average Bonchev–Trinajstić information content (AvgIpc) is 3.55. The number of nitrogens with zero attached hydrogens (tertiary/aromatic N) is 4. The molecule has 7 heteroatoms. The van der Waals surface area contributed by atoms with E-state index in [-0.39, 0.29) is 5.75 Å². The number of hydrogen-bond donors (Lipinski definition) is 0. The number of hydrogen-bond acceptors (Lipinski definition) is 5.